The lowest BCUT2D eigenvalue weighted by Crippen LogP contribution is -2.31. The van der Waals surface area contributed by atoms with Gasteiger partial charge in [0.2, 0.25) is 6.79 Å². The number of thiophene rings is 1. The third-order valence-corrected chi connectivity index (χ3v) is 5.67. The van der Waals surface area contributed by atoms with Gasteiger partial charge in [0.25, 0.3) is 0 Å². The van der Waals surface area contributed by atoms with Crippen molar-refractivity contribution >= 4 is 11.3 Å². The predicted octanol–water partition coefficient (Wildman–Crippen LogP) is 3.97. The highest BCUT2D eigenvalue weighted by Gasteiger charge is 2.21. The summed E-state index contributed by atoms with van der Waals surface area (Å²) in [7, 11) is 0. The van der Waals surface area contributed by atoms with Crippen LogP contribution in [-0.4, -0.2) is 30.9 Å². The van der Waals surface area contributed by atoms with Gasteiger partial charge in [0.15, 0.2) is 11.5 Å². The molecule has 1 saturated heterocycles. The molecule has 0 spiro atoms. The van der Waals surface area contributed by atoms with Crippen LogP contribution < -0.4 is 9.47 Å². The molecule has 1 atom stereocenters. The molecule has 1 fully saturated rings. The van der Waals surface area contributed by atoms with Crippen LogP contribution in [0.5, 0.6) is 11.5 Å². The Kier molecular flexibility index (Phi) is 4.74. The summed E-state index contributed by atoms with van der Waals surface area (Å²) in [5.41, 5.74) is 2.63. The van der Waals surface area contributed by atoms with Crippen LogP contribution in [0.2, 0.25) is 0 Å². The molecule has 4 rings (SSSR count). The molecule has 128 valence electrons. The fourth-order valence-electron chi connectivity index (χ4n) is 3.33. The second-order valence-electron chi connectivity index (χ2n) is 6.52. The van der Waals surface area contributed by atoms with Gasteiger partial charge in [-0.1, -0.05) is 6.07 Å². The quantitative estimate of drug-likeness (QED) is 0.793. The molecule has 1 aromatic carbocycles. The SMILES string of the molecule is Cc1ccsc1CN(Cc1ccc2c(c1)OCO2)CC1CCCO1. The summed E-state index contributed by atoms with van der Waals surface area (Å²) in [5.74, 6) is 1.70. The maximum atomic E-state index is 5.86. The van der Waals surface area contributed by atoms with Gasteiger partial charge in [0, 0.05) is 31.1 Å². The van der Waals surface area contributed by atoms with Crippen LogP contribution in [0.4, 0.5) is 0 Å². The molecular weight excluding hydrogens is 322 g/mol. The third kappa shape index (κ3) is 3.58. The number of ether oxygens (including phenoxy) is 3. The first kappa shape index (κ1) is 15.9. The molecule has 0 radical (unpaired) electrons. The summed E-state index contributed by atoms with van der Waals surface area (Å²) >= 11 is 1.84. The molecule has 3 heterocycles. The molecule has 0 N–H and O–H groups in total. The summed E-state index contributed by atoms with van der Waals surface area (Å²) in [5, 5.41) is 2.18. The normalized spacial score (nSPS) is 19.3. The van der Waals surface area contributed by atoms with E-state index in [4.69, 9.17) is 14.2 Å². The number of hydrogen-bond donors (Lipinski definition) is 0. The van der Waals surface area contributed by atoms with Crippen LogP contribution in [0.1, 0.15) is 28.8 Å². The van der Waals surface area contributed by atoms with Gasteiger partial charge in [-0.05, 0) is 54.5 Å². The van der Waals surface area contributed by atoms with E-state index >= 15 is 0 Å². The van der Waals surface area contributed by atoms with Crippen LogP contribution in [0, 0.1) is 6.92 Å². The average molecular weight is 345 g/mol. The van der Waals surface area contributed by atoms with Crippen LogP contribution >= 0.6 is 11.3 Å². The Morgan fingerprint density at radius 3 is 2.88 bits per heavy atom. The molecule has 5 heteroatoms. The number of benzene rings is 1. The minimum absolute atomic E-state index is 0.326. The Morgan fingerprint density at radius 2 is 2.08 bits per heavy atom. The largest absolute Gasteiger partial charge is 0.454 e. The minimum atomic E-state index is 0.326. The second kappa shape index (κ2) is 7.13. The monoisotopic (exact) mass is 345 g/mol. The fourth-order valence-corrected chi connectivity index (χ4v) is 4.28. The maximum Gasteiger partial charge on any atom is 0.231 e. The Balaban J connectivity index is 1.49. The summed E-state index contributed by atoms with van der Waals surface area (Å²) < 4.78 is 16.8. The topological polar surface area (TPSA) is 30.9 Å². The van der Waals surface area contributed by atoms with Crippen LogP contribution in [0.3, 0.4) is 0 Å². The third-order valence-electron chi connectivity index (χ3n) is 4.66. The van der Waals surface area contributed by atoms with Crippen LogP contribution in [0.25, 0.3) is 0 Å². The molecule has 1 aromatic heterocycles. The zero-order chi connectivity index (χ0) is 16.4. The van der Waals surface area contributed by atoms with Crippen molar-refractivity contribution in [3.05, 3.63) is 45.6 Å². The first-order chi connectivity index (χ1) is 11.8. The standard InChI is InChI=1S/C19H23NO3S/c1-14-6-8-24-19(14)12-20(11-16-3-2-7-21-16)10-15-4-5-17-18(9-15)23-13-22-17/h4-6,8-9,16H,2-3,7,10-13H2,1H3. The van der Waals surface area contributed by atoms with Crippen molar-refractivity contribution in [3.8, 4) is 11.5 Å². The molecule has 2 aliphatic rings. The maximum absolute atomic E-state index is 5.86. The van der Waals surface area contributed by atoms with Gasteiger partial charge in [0.1, 0.15) is 0 Å². The van der Waals surface area contributed by atoms with E-state index in [1.54, 1.807) is 0 Å². The molecule has 2 aromatic rings. The second-order valence-corrected chi connectivity index (χ2v) is 7.52. The summed E-state index contributed by atoms with van der Waals surface area (Å²) in [6, 6.07) is 8.45. The van der Waals surface area contributed by atoms with Crippen molar-refractivity contribution in [2.45, 2.75) is 39.0 Å². The summed E-state index contributed by atoms with van der Waals surface area (Å²) in [6.07, 6.45) is 2.71. The van der Waals surface area contributed by atoms with E-state index in [1.165, 1.54) is 28.8 Å². The molecule has 4 nitrogen and oxygen atoms in total. The van der Waals surface area contributed by atoms with Gasteiger partial charge in [-0.25, -0.2) is 0 Å². The molecule has 24 heavy (non-hydrogen) atoms. The Bertz CT molecular complexity index is 694. The predicted molar refractivity (Wildman–Crippen MR) is 94.7 cm³/mol. The molecular formula is C19H23NO3S. The number of nitrogens with zero attached hydrogens (tertiary/aromatic N) is 1. The van der Waals surface area contributed by atoms with Crippen molar-refractivity contribution in [2.24, 2.45) is 0 Å². The van der Waals surface area contributed by atoms with Crippen molar-refractivity contribution in [2.75, 3.05) is 19.9 Å². The van der Waals surface area contributed by atoms with Gasteiger partial charge in [-0.15, -0.1) is 11.3 Å². The molecule has 1 unspecified atom stereocenters. The lowest BCUT2D eigenvalue weighted by molar-refractivity contribution is 0.0682. The van der Waals surface area contributed by atoms with E-state index in [0.717, 1.165) is 37.7 Å². The highest BCUT2D eigenvalue weighted by atomic mass is 32.1. The van der Waals surface area contributed by atoms with Gasteiger partial charge in [0.05, 0.1) is 6.10 Å². The molecule has 2 aliphatic heterocycles. The minimum Gasteiger partial charge on any atom is -0.454 e. The van der Waals surface area contributed by atoms with Crippen molar-refractivity contribution in [3.63, 3.8) is 0 Å². The lowest BCUT2D eigenvalue weighted by Gasteiger charge is -2.25. The first-order valence-corrected chi connectivity index (χ1v) is 9.41. The summed E-state index contributed by atoms with van der Waals surface area (Å²) in [6.45, 7) is 6.27. The van der Waals surface area contributed by atoms with Gasteiger partial charge in [-0.2, -0.15) is 0 Å². The van der Waals surface area contributed by atoms with E-state index in [2.05, 4.69) is 35.4 Å². The van der Waals surface area contributed by atoms with Crippen molar-refractivity contribution in [1.82, 2.24) is 4.90 Å². The molecule has 0 bridgehead atoms. The molecule has 0 amide bonds. The smallest absolute Gasteiger partial charge is 0.231 e. The number of rotatable bonds is 6. The Morgan fingerprint density at radius 1 is 1.17 bits per heavy atom. The first-order valence-electron chi connectivity index (χ1n) is 8.53. The van der Waals surface area contributed by atoms with E-state index in [0.29, 0.717) is 12.9 Å². The van der Waals surface area contributed by atoms with E-state index < -0.39 is 0 Å². The van der Waals surface area contributed by atoms with Crippen molar-refractivity contribution < 1.29 is 14.2 Å². The Labute approximate surface area is 147 Å². The van der Waals surface area contributed by atoms with Gasteiger partial charge in [-0.3, -0.25) is 4.90 Å². The zero-order valence-corrected chi connectivity index (χ0v) is 14.8. The van der Waals surface area contributed by atoms with E-state index in [-0.39, 0.29) is 0 Å². The van der Waals surface area contributed by atoms with Crippen molar-refractivity contribution in [1.29, 1.82) is 0 Å². The Hall–Kier alpha value is -1.56. The van der Waals surface area contributed by atoms with E-state index in [1.807, 2.05) is 17.4 Å². The fraction of sp³-hybridized carbons (Fsp3) is 0.474. The highest BCUT2D eigenvalue weighted by molar-refractivity contribution is 7.10. The molecule has 0 aliphatic carbocycles. The summed E-state index contributed by atoms with van der Waals surface area (Å²) in [4.78, 5) is 3.93. The van der Waals surface area contributed by atoms with Crippen LogP contribution in [-0.2, 0) is 17.8 Å². The lowest BCUT2D eigenvalue weighted by atomic mass is 10.1. The van der Waals surface area contributed by atoms with Gasteiger partial charge >= 0.3 is 0 Å². The van der Waals surface area contributed by atoms with Crippen LogP contribution in [0.15, 0.2) is 29.6 Å². The number of hydrogen-bond acceptors (Lipinski definition) is 5. The highest BCUT2D eigenvalue weighted by Crippen LogP contribution is 2.33. The number of fused-ring (bicyclic) bond motifs is 1. The molecule has 0 saturated carbocycles. The number of aryl methyl sites for hydroxylation is 1. The van der Waals surface area contributed by atoms with E-state index in [9.17, 15) is 0 Å². The van der Waals surface area contributed by atoms with Gasteiger partial charge < -0.3 is 14.2 Å². The zero-order valence-electron chi connectivity index (χ0n) is 14.0. The average Bonchev–Trinajstić information content (AvgIpc) is 3.30.